The van der Waals surface area contributed by atoms with E-state index in [2.05, 4.69) is 15.3 Å². The van der Waals surface area contributed by atoms with Crippen LogP contribution in [0.4, 0.5) is 17.5 Å². The van der Waals surface area contributed by atoms with Crippen molar-refractivity contribution in [3.05, 3.63) is 15.8 Å². The molecule has 1 rings (SSSR count). The van der Waals surface area contributed by atoms with Crippen molar-refractivity contribution in [3.63, 3.8) is 0 Å². The molecule has 0 aliphatic carbocycles. The van der Waals surface area contributed by atoms with Crippen molar-refractivity contribution in [2.24, 2.45) is 0 Å². The molecule has 19 heavy (non-hydrogen) atoms. The van der Waals surface area contributed by atoms with Gasteiger partial charge in [0.25, 0.3) is 0 Å². The first-order chi connectivity index (χ1) is 9.06. The Morgan fingerprint density at radius 2 is 2.16 bits per heavy atom. The highest BCUT2D eigenvalue weighted by Crippen LogP contribution is 2.25. The summed E-state index contributed by atoms with van der Waals surface area (Å²) in [5.41, 5.74) is 5.61. The fraction of sp³-hybridized carbons (Fsp3) is 0.636. The first-order valence-corrected chi connectivity index (χ1v) is 6.16. The molecule has 0 bridgehead atoms. The van der Waals surface area contributed by atoms with Crippen molar-refractivity contribution < 1.29 is 9.66 Å². The maximum Gasteiger partial charge on any atom is 0.332 e. The average molecular weight is 269 g/mol. The molecule has 0 radical (unpaired) electrons. The standard InChI is InChI=1S/C11H19N5O3/c1-3-6-19-7-4-5-13-10-9(16(17)18)8(2)14-11(12)15-10/h3-7H2,1-2H3,(H3,12,13,14,15). The molecule has 106 valence electrons. The minimum Gasteiger partial charge on any atom is -0.381 e. The van der Waals surface area contributed by atoms with E-state index in [0.29, 0.717) is 13.2 Å². The molecule has 1 heterocycles. The van der Waals surface area contributed by atoms with Crippen molar-refractivity contribution in [1.82, 2.24) is 9.97 Å². The van der Waals surface area contributed by atoms with Crippen LogP contribution in [0.3, 0.4) is 0 Å². The third-order valence-electron chi connectivity index (χ3n) is 2.36. The summed E-state index contributed by atoms with van der Waals surface area (Å²) in [6.45, 7) is 5.42. The van der Waals surface area contributed by atoms with Crippen LogP contribution in [-0.2, 0) is 4.74 Å². The topological polar surface area (TPSA) is 116 Å². The first-order valence-electron chi connectivity index (χ1n) is 6.16. The molecule has 0 saturated carbocycles. The Morgan fingerprint density at radius 1 is 1.42 bits per heavy atom. The van der Waals surface area contributed by atoms with Gasteiger partial charge in [-0.3, -0.25) is 10.1 Å². The molecule has 0 saturated heterocycles. The lowest BCUT2D eigenvalue weighted by Gasteiger charge is -2.08. The quantitative estimate of drug-likeness (QED) is 0.417. The van der Waals surface area contributed by atoms with Gasteiger partial charge in [-0.05, 0) is 19.8 Å². The Kier molecular flexibility index (Phi) is 5.94. The monoisotopic (exact) mass is 269 g/mol. The average Bonchev–Trinajstić information content (AvgIpc) is 2.32. The Morgan fingerprint density at radius 3 is 2.79 bits per heavy atom. The molecule has 3 N–H and O–H groups in total. The summed E-state index contributed by atoms with van der Waals surface area (Å²) in [6.07, 6.45) is 1.71. The number of hydrogen-bond donors (Lipinski definition) is 2. The Balaban J connectivity index is 2.59. The summed E-state index contributed by atoms with van der Waals surface area (Å²) < 4.78 is 5.31. The fourth-order valence-electron chi connectivity index (χ4n) is 1.56. The smallest absolute Gasteiger partial charge is 0.332 e. The van der Waals surface area contributed by atoms with Crippen LogP contribution in [0.5, 0.6) is 0 Å². The van der Waals surface area contributed by atoms with E-state index in [4.69, 9.17) is 10.5 Å². The highest BCUT2D eigenvalue weighted by molar-refractivity contribution is 5.60. The largest absolute Gasteiger partial charge is 0.381 e. The van der Waals surface area contributed by atoms with Crippen molar-refractivity contribution in [3.8, 4) is 0 Å². The first kappa shape index (κ1) is 15.1. The molecule has 0 unspecified atom stereocenters. The van der Waals surface area contributed by atoms with Crippen LogP contribution in [0.25, 0.3) is 0 Å². The van der Waals surface area contributed by atoms with Crippen LogP contribution < -0.4 is 11.1 Å². The van der Waals surface area contributed by atoms with E-state index in [1.807, 2.05) is 6.92 Å². The zero-order valence-electron chi connectivity index (χ0n) is 11.2. The van der Waals surface area contributed by atoms with Gasteiger partial charge in [-0.1, -0.05) is 6.92 Å². The molecular weight excluding hydrogens is 250 g/mol. The lowest BCUT2D eigenvalue weighted by molar-refractivity contribution is -0.385. The third kappa shape index (κ3) is 4.66. The highest BCUT2D eigenvalue weighted by atomic mass is 16.6. The number of anilines is 2. The zero-order valence-corrected chi connectivity index (χ0v) is 11.2. The lowest BCUT2D eigenvalue weighted by atomic mass is 10.3. The predicted octanol–water partition coefficient (Wildman–Crippen LogP) is 1.50. The molecule has 0 aliphatic heterocycles. The van der Waals surface area contributed by atoms with Gasteiger partial charge in [0.05, 0.1) is 4.92 Å². The number of hydrogen-bond acceptors (Lipinski definition) is 7. The van der Waals surface area contributed by atoms with Crippen LogP contribution in [-0.4, -0.2) is 34.6 Å². The third-order valence-corrected chi connectivity index (χ3v) is 2.36. The van der Waals surface area contributed by atoms with Crippen LogP contribution in [0, 0.1) is 17.0 Å². The van der Waals surface area contributed by atoms with Gasteiger partial charge in [0.1, 0.15) is 5.69 Å². The van der Waals surface area contributed by atoms with Crippen molar-refractivity contribution in [1.29, 1.82) is 0 Å². The molecule has 0 amide bonds. The summed E-state index contributed by atoms with van der Waals surface area (Å²) in [5, 5.41) is 13.8. The van der Waals surface area contributed by atoms with Gasteiger partial charge in [-0.15, -0.1) is 0 Å². The van der Waals surface area contributed by atoms with E-state index in [1.54, 1.807) is 0 Å². The van der Waals surface area contributed by atoms with Crippen LogP contribution in [0.2, 0.25) is 0 Å². The van der Waals surface area contributed by atoms with Crippen LogP contribution in [0.15, 0.2) is 0 Å². The summed E-state index contributed by atoms with van der Waals surface area (Å²) in [5.74, 6) is 0.179. The number of nitro groups is 1. The minimum atomic E-state index is -0.509. The van der Waals surface area contributed by atoms with Gasteiger partial charge >= 0.3 is 5.69 Å². The normalized spacial score (nSPS) is 10.4. The van der Waals surface area contributed by atoms with Crippen LogP contribution in [0.1, 0.15) is 25.5 Å². The molecule has 8 heteroatoms. The number of nitrogens with zero attached hydrogens (tertiary/aromatic N) is 3. The number of ether oxygens (including phenoxy) is 1. The van der Waals surface area contributed by atoms with E-state index >= 15 is 0 Å². The number of nitrogen functional groups attached to an aromatic ring is 1. The van der Waals surface area contributed by atoms with Crippen LogP contribution >= 0.6 is 0 Å². The molecule has 0 aliphatic rings. The van der Waals surface area contributed by atoms with Crippen molar-refractivity contribution >= 4 is 17.5 Å². The molecule has 1 aromatic rings. The Bertz CT molecular complexity index is 439. The fourth-order valence-corrected chi connectivity index (χ4v) is 1.56. The molecular formula is C11H19N5O3. The van der Waals surface area contributed by atoms with Gasteiger partial charge < -0.3 is 15.8 Å². The molecule has 0 spiro atoms. The number of nitrogens with two attached hydrogens (primary N) is 1. The SMILES string of the molecule is CCCOCCCNc1nc(N)nc(C)c1[N+](=O)[O-]. The van der Waals surface area contributed by atoms with E-state index in [9.17, 15) is 10.1 Å². The van der Waals surface area contributed by atoms with Gasteiger partial charge in [-0.2, -0.15) is 4.98 Å². The van der Waals surface area contributed by atoms with E-state index < -0.39 is 4.92 Å². The second kappa shape index (κ2) is 7.47. The van der Waals surface area contributed by atoms with E-state index in [0.717, 1.165) is 19.4 Å². The predicted molar refractivity (Wildman–Crippen MR) is 72.1 cm³/mol. The maximum atomic E-state index is 10.9. The summed E-state index contributed by atoms with van der Waals surface area (Å²) in [7, 11) is 0. The van der Waals surface area contributed by atoms with E-state index in [1.165, 1.54) is 6.92 Å². The van der Waals surface area contributed by atoms with Crippen molar-refractivity contribution in [2.45, 2.75) is 26.7 Å². The number of nitrogens with one attached hydrogen (secondary N) is 1. The van der Waals surface area contributed by atoms with Crippen molar-refractivity contribution in [2.75, 3.05) is 30.8 Å². The molecule has 0 atom stereocenters. The minimum absolute atomic E-state index is 0.0211. The summed E-state index contributed by atoms with van der Waals surface area (Å²) in [4.78, 5) is 18.1. The molecule has 0 fully saturated rings. The lowest BCUT2D eigenvalue weighted by Crippen LogP contribution is -2.12. The zero-order chi connectivity index (χ0) is 14.3. The number of aryl methyl sites for hydroxylation is 1. The van der Waals surface area contributed by atoms with Gasteiger partial charge in [0.2, 0.25) is 11.8 Å². The second-order valence-corrected chi connectivity index (χ2v) is 4.01. The number of aromatic nitrogens is 2. The number of rotatable bonds is 8. The summed E-state index contributed by atoms with van der Waals surface area (Å²) in [6, 6.07) is 0. The molecule has 0 aromatic carbocycles. The maximum absolute atomic E-state index is 10.9. The van der Waals surface area contributed by atoms with Gasteiger partial charge in [0, 0.05) is 19.8 Å². The second-order valence-electron chi connectivity index (χ2n) is 4.01. The van der Waals surface area contributed by atoms with E-state index in [-0.39, 0.29) is 23.1 Å². The molecule has 8 nitrogen and oxygen atoms in total. The Labute approximate surface area is 111 Å². The highest BCUT2D eigenvalue weighted by Gasteiger charge is 2.20. The van der Waals surface area contributed by atoms with Gasteiger partial charge in [-0.25, -0.2) is 4.98 Å². The Hall–Kier alpha value is -1.96. The van der Waals surface area contributed by atoms with Gasteiger partial charge in [0.15, 0.2) is 0 Å². The summed E-state index contributed by atoms with van der Waals surface area (Å²) >= 11 is 0. The molecule has 1 aromatic heterocycles.